The van der Waals surface area contributed by atoms with E-state index in [1.807, 2.05) is 0 Å². The molecule has 0 radical (unpaired) electrons. The molecular formula is C17H17Cl2FN2O3S. The molecule has 1 amide bonds. The molecule has 0 spiro atoms. The Morgan fingerprint density at radius 1 is 1.19 bits per heavy atom. The molecule has 0 heterocycles. The molecule has 0 aliphatic heterocycles. The third kappa shape index (κ3) is 4.73. The number of likely N-dealkylation sites (N-methyl/N-ethyl adjacent to an activating group) is 1. The van der Waals surface area contributed by atoms with Crippen LogP contribution in [0.3, 0.4) is 0 Å². The van der Waals surface area contributed by atoms with E-state index in [1.54, 1.807) is 25.1 Å². The Morgan fingerprint density at radius 2 is 1.81 bits per heavy atom. The highest BCUT2D eigenvalue weighted by atomic mass is 35.5. The molecule has 9 heteroatoms. The van der Waals surface area contributed by atoms with Crippen LogP contribution in [0.5, 0.6) is 0 Å². The van der Waals surface area contributed by atoms with Crippen molar-refractivity contribution < 1.29 is 17.6 Å². The van der Waals surface area contributed by atoms with Gasteiger partial charge >= 0.3 is 0 Å². The van der Waals surface area contributed by atoms with Crippen LogP contribution < -0.4 is 5.32 Å². The van der Waals surface area contributed by atoms with Gasteiger partial charge in [-0.2, -0.15) is 4.31 Å². The van der Waals surface area contributed by atoms with Crippen LogP contribution in [0.15, 0.2) is 47.4 Å². The lowest BCUT2D eigenvalue weighted by Crippen LogP contribution is -2.39. The van der Waals surface area contributed by atoms with Crippen molar-refractivity contribution in [2.24, 2.45) is 0 Å². The lowest BCUT2D eigenvalue weighted by Gasteiger charge is -2.20. The second-order valence-electron chi connectivity index (χ2n) is 5.65. The fraction of sp³-hybridized carbons (Fsp3) is 0.235. The van der Waals surface area contributed by atoms with Crippen LogP contribution in [0.1, 0.15) is 18.5 Å². The van der Waals surface area contributed by atoms with Gasteiger partial charge in [0, 0.05) is 12.1 Å². The number of carbonyl (C=O) groups is 1. The molecule has 2 rings (SSSR count). The quantitative estimate of drug-likeness (QED) is 0.728. The van der Waals surface area contributed by atoms with E-state index in [0.29, 0.717) is 5.56 Å². The third-order valence-electron chi connectivity index (χ3n) is 3.70. The van der Waals surface area contributed by atoms with Crippen LogP contribution in [-0.2, 0) is 14.8 Å². The molecule has 1 unspecified atom stereocenters. The molecule has 2 aromatic rings. The summed E-state index contributed by atoms with van der Waals surface area (Å²) >= 11 is 11.7. The minimum Gasteiger partial charge on any atom is -0.348 e. The molecule has 0 bridgehead atoms. The first-order valence-electron chi connectivity index (χ1n) is 7.58. The second-order valence-corrected chi connectivity index (χ2v) is 8.51. The van der Waals surface area contributed by atoms with Crippen LogP contribution in [0.2, 0.25) is 10.0 Å². The summed E-state index contributed by atoms with van der Waals surface area (Å²) in [5.74, 6) is -1.21. The normalized spacial score (nSPS) is 12.8. The second kappa shape index (κ2) is 8.35. The van der Waals surface area contributed by atoms with Crippen LogP contribution >= 0.6 is 23.2 Å². The predicted molar refractivity (Wildman–Crippen MR) is 99.2 cm³/mol. The van der Waals surface area contributed by atoms with Crippen molar-refractivity contribution in [1.29, 1.82) is 0 Å². The minimum absolute atomic E-state index is 0.0890. The lowest BCUT2D eigenvalue weighted by atomic mass is 10.1. The zero-order valence-electron chi connectivity index (χ0n) is 14.0. The van der Waals surface area contributed by atoms with Gasteiger partial charge in [0.25, 0.3) is 0 Å². The molecular weight excluding hydrogens is 402 g/mol. The van der Waals surface area contributed by atoms with Crippen LogP contribution in [0.4, 0.5) is 4.39 Å². The molecule has 0 saturated carbocycles. The summed E-state index contributed by atoms with van der Waals surface area (Å²) in [4.78, 5) is 12.3. The molecule has 0 aliphatic carbocycles. The van der Waals surface area contributed by atoms with Crippen molar-refractivity contribution in [2.45, 2.75) is 17.9 Å². The molecule has 0 saturated heterocycles. The largest absolute Gasteiger partial charge is 0.348 e. The zero-order valence-corrected chi connectivity index (χ0v) is 16.4. The first kappa shape index (κ1) is 20.6. The number of amides is 1. The number of sulfonamides is 1. The number of rotatable bonds is 6. The number of hydrogen-bond donors (Lipinski definition) is 1. The van der Waals surface area contributed by atoms with Gasteiger partial charge in [-0.1, -0.05) is 41.4 Å². The number of hydrogen-bond acceptors (Lipinski definition) is 3. The maximum atomic E-state index is 13.6. The predicted octanol–water partition coefficient (Wildman–Crippen LogP) is 3.63. The SMILES string of the molecule is CC(NC(=O)CN(C)S(=O)(=O)c1ccccc1)c1cc(F)c(Cl)cc1Cl. The number of halogens is 3. The number of benzene rings is 2. The molecule has 26 heavy (non-hydrogen) atoms. The monoisotopic (exact) mass is 418 g/mol. The highest BCUT2D eigenvalue weighted by molar-refractivity contribution is 7.89. The molecule has 140 valence electrons. The Bertz CT molecular complexity index is 908. The maximum Gasteiger partial charge on any atom is 0.243 e. The minimum atomic E-state index is -3.79. The van der Waals surface area contributed by atoms with E-state index < -0.39 is 34.3 Å². The molecule has 2 aromatic carbocycles. The summed E-state index contributed by atoms with van der Waals surface area (Å²) in [5, 5.41) is 2.68. The smallest absolute Gasteiger partial charge is 0.243 e. The molecule has 5 nitrogen and oxygen atoms in total. The Balaban J connectivity index is 2.08. The van der Waals surface area contributed by atoms with Crippen LogP contribution in [0.25, 0.3) is 0 Å². The average Bonchev–Trinajstić information content (AvgIpc) is 2.58. The van der Waals surface area contributed by atoms with Gasteiger partial charge in [-0.3, -0.25) is 4.79 Å². The zero-order chi connectivity index (χ0) is 19.5. The Hall–Kier alpha value is -1.67. The van der Waals surface area contributed by atoms with E-state index in [2.05, 4.69) is 5.32 Å². The van der Waals surface area contributed by atoms with Crippen molar-refractivity contribution in [3.63, 3.8) is 0 Å². The Morgan fingerprint density at radius 3 is 2.42 bits per heavy atom. The molecule has 1 N–H and O–H groups in total. The number of carbonyl (C=O) groups excluding carboxylic acids is 1. The van der Waals surface area contributed by atoms with E-state index in [-0.39, 0.29) is 14.9 Å². The fourth-order valence-corrected chi connectivity index (χ4v) is 3.99. The van der Waals surface area contributed by atoms with E-state index in [0.717, 1.165) is 10.4 Å². The Kier molecular flexibility index (Phi) is 6.63. The lowest BCUT2D eigenvalue weighted by molar-refractivity contribution is -0.121. The van der Waals surface area contributed by atoms with E-state index in [9.17, 15) is 17.6 Å². The highest BCUT2D eigenvalue weighted by Crippen LogP contribution is 2.28. The summed E-state index contributed by atoms with van der Waals surface area (Å²) in [6, 6.07) is 9.55. The molecule has 0 aliphatic rings. The summed E-state index contributed by atoms with van der Waals surface area (Å²) in [6.07, 6.45) is 0. The third-order valence-corrected chi connectivity index (χ3v) is 6.14. The van der Waals surface area contributed by atoms with Gasteiger partial charge in [0.1, 0.15) is 5.82 Å². The Labute approximate surface area is 161 Å². The van der Waals surface area contributed by atoms with Crippen molar-refractivity contribution in [2.75, 3.05) is 13.6 Å². The average molecular weight is 419 g/mol. The number of nitrogens with one attached hydrogen (secondary N) is 1. The van der Waals surface area contributed by atoms with Crippen molar-refractivity contribution in [1.82, 2.24) is 9.62 Å². The molecule has 0 fully saturated rings. The van der Waals surface area contributed by atoms with E-state index in [1.165, 1.54) is 25.2 Å². The van der Waals surface area contributed by atoms with Crippen LogP contribution in [-0.4, -0.2) is 32.2 Å². The van der Waals surface area contributed by atoms with E-state index in [4.69, 9.17) is 23.2 Å². The molecule has 1 atom stereocenters. The van der Waals surface area contributed by atoms with Crippen molar-refractivity contribution in [3.8, 4) is 0 Å². The van der Waals surface area contributed by atoms with Gasteiger partial charge in [-0.25, -0.2) is 12.8 Å². The first-order chi connectivity index (χ1) is 12.1. The van der Waals surface area contributed by atoms with Crippen molar-refractivity contribution >= 4 is 39.1 Å². The topological polar surface area (TPSA) is 66.5 Å². The summed E-state index contributed by atoms with van der Waals surface area (Å²) in [7, 11) is -2.48. The standard InChI is InChI=1S/C17H17Cl2FN2O3S/c1-11(13-8-16(20)15(19)9-14(13)18)21-17(23)10-22(2)26(24,25)12-6-4-3-5-7-12/h3-9,11H,10H2,1-2H3,(H,21,23). The highest BCUT2D eigenvalue weighted by Gasteiger charge is 2.24. The van der Waals surface area contributed by atoms with Crippen molar-refractivity contribution in [3.05, 3.63) is 63.9 Å². The van der Waals surface area contributed by atoms with Gasteiger partial charge in [0.2, 0.25) is 15.9 Å². The van der Waals surface area contributed by atoms with Gasteiger partial charge in [-0.15, -0.1) is 0 Å². The summed E-state index contributed by atoms with van der Waals surface area (Å²) < 4.78 is 39.4. The van der Waals surface area contributed by atoms with E-state index >= 15 is 0 Å². The van der Waals surface area contributed by atoms with Gasteiger partial charge in [0.05, 0.1) is 22.5 Å². The first-order valence-corrected chi connectivity index (χ1v) is 9.77. The number of nitrogens with zero attached hydrogens (tertiary/aromatic N) is 1. The van der Waals surface area contributed by atoms with Gasteiger partial charge < -0.3 is 5.32 Å². The molecule has 0 aromatic heterocycles. The summed E-state index contributed by atoms with van der Waals surface area (Å²) in [6.45, 7) is 1.22. The van der Waals surface area contributed by atoms with Crippen LogP contribution in [0, 0.1) is 5.82 Å². The summed E-state index contributed by atoms with van der Waals surface area (Å²) in [5.41, 5.74) is 0.343. The van der Waals surface area contributed by atoms with Gasteiger partial charge in [0.15, 0.2) is 0 Å². The van der Waals surface area contributed by atoms with Gasteiger partial charge in [-0.05, 0) is 36.8 Å². The fourth-order valence-electron chi connectivity index (χ4n) is 2.29. The maximum absolute atomic E-state index is 13.6.